The van der Waals surface area contributed by atoms with Crippen molar-refractivity contribution in [2.45, 2.75) is 6.92 Å². The Balaban J connectivity index is 1.47. The average molecular weight is 637 g/mol. The molecule has 3 aromatic heterocycles. The van der Waals surface area contributed by atoms with Crippen molar-refractivity contribution in [1.82, 2.24) is 18.7 Å². The number of amides is 1. The Morgan fingerprint density at radius 2 is 1.71 bits per heavy atom. The summed E-state index contributed by atoms with van der Waals surface area (Å²) >= 11 is 18.9. The Morgan fingerprint density at radius 3 is 2.45 bits per heavy atom. The van der Waals surface area contributed by atoms with Crippen LogP contribution in [0.3, 0.4) is 0 Å². The Bertz CT molecular complexity index is 2090. The number of hydrogen-bond acceptors (Lipinski definition) is 7. The molecule has 0 aliphatic carbocycles. The largest absolute Gasteiger partial charge is 0.437 e. The summed E-state index contributed by atoms with van der Waals surface area (Å²) in [4.78, 5) is 46.9. The number of benzene rings is 2. The van der Waals surface area contributed by atoms with Gasteiger partial charge in [0.15, 0.2) is 4.32 Å². The van der Waals surface area contributed by atoms with Crippen LogP contribution >= 0.6 is 47.2 Å². The van der Waals surface area contributed by atoms with Crippen molar-refractivity contribution in [3.8, 4) is 17.3 Å². The van der Waals surface area contributed by atoms with Gasteiger partial charge in [0.2, 0.25) is 5.88 Å². The van der Waals surface area contributed by atoms with E-state index in [9.17, 15) is 14.4 Å². The van der Waals surface area contributed by atoms with E-state index in [0.29, 0.717) is 22.1 Å². The van der Waals surface area contributed by atoms with Gasteiger partial charge in [0.05, 0.1) is 21.3 Å². The molecule has 0 bridgehead atoms. The molecule has 42 heavy (non-hydrogen) atoms. The summed E-state index contributed by atoms with van der Waals surface area (Å²) in [6.07, 6.45) is 2.94. The zero-order chi connectivity index (χ0) is 29.7. The smallest absolute Gasteiger partial charge is 0.296 e. The van der Waals surface area contributed by atoms with Crippen molar-refractivity contribution >= 4 is 74.8 Å². The van der Waals surface area contributed by atoms with E-state index in [2.05, 4.69) is 4.98 Å². The molecular formula is C29H19Cl2N5O4S2. The van der Waals surface area contributed by atoms with Crippen LogP contribution in [-0.2, 0) is 11.8 Å². The summed E-state index contributed by atoms with van der Waals surface area (Å²) in [5.74, 6) is -0.399. The number of hydrogen-bond donors (Lipinski definition) is 0. The highest BCUT2D eigenvalue weighted by molar-refractivity contribution is 8.27. The third-order valence-corrected chi connectivity index (χ3v) is 8.48. The van der Waals surface area contributed by atoms with Gasteiger partial charge in [-0.3, -0.25) is 28.4 Å². The second-order valence-electron chi connectivity index (χ2n) is 9.17. The van der Waals surface area contributed by atoms with Crippen LogP contribution in [-0.4, -0.2) is 29.0 Å². The minimum absolute atomic E-state index is 0.00306. The van der Waals surface area contributed by atoms with E-state index in [1.165, 1.54) is 26.1 Å². The van der Waals surface area contributed by atoms with Gasteiger partial charge in [-0.15, -0.1) is 0 Å². The fraction of sp³-hybridized carbons (Fsp3) is 0.0690. The topological polar surface area (TPSA) is 90.8 Å². The number of thioether (sulfide) groups is 1. The van der Waals surface area contributed by atoms with Crippen molar-refractivity contribution < 1.29 is 9.53 Å². The number of ether oxygens (including phenoxy) is 1. The molecule has 1 fully saturated rings. The first kappa shape index (κ1) is 28.0. The van der Waals surface area contributed by atoms with Gasteiger partial charge in [0.25, 0.3) is 17.0 Å². The van der Waals surface area contributed by atoms with E-state index in [1.54, 1.807) is 67.3 Å². The van der Waals surface area contributed by atoms with Crippen LogP contribution in [0.2, 0.25) is 10.0 Å². The molecule has 210 valence electrons. The van der Waals surface area contributed by atoms with Crippen LogP contribution < -0.4 is 20.8 Å². The summed E-state index contributed by atoms with van der Waals surface area (Å²) < 4.78 is 10.6. The molecule has 0 unspecified atom stereocenters. The molecule has 2 aromatic carbocycles. The number of anilines is 1. The van der Waals surface area contributed by atoms with Gasteiger partial charge in [-0.05, 0) is 55.5 Å². The molecule has 1 aliphatic rings. The zero-order valence-electron chi connectivity index (χ0n) is 21.9. The maximum Gasteiger partial charge on any atom is 0.296 e. The molecule has 1 amide bonds. The minimum Gasteiger partial charge on any atom is -0.437 e. The number of thiocarbonyl (C=S) groups is 1. The van der Waals surface area contributed by atoms with Crippen molar-refractivity contribution in [3.63, 3.8) is 0 Å². The van der Waals surface area contributed by atoms with Crippen LogP contribution in [0, 0.1) is 6.92 Å². The maximum absolute atomic E-state index is 13.8. The van der Waals surface area contributed by atoms with Gasteiger partial charge in [0.1, 0.15) is 22.6 Å². The lowest BCUT2D eigenvalue weighted by Gasteiger charge is -2.13. The van der Waals surface area contributed by atoms with E-state index < -0.39 is 17.0 Å². The van der Waals surface area contributed by atoms with Crippen molar-refractivity contribution in [3.05, 3.63) is 120 Å². The normalized spacial score (nSPS) is 14.4. The molecule has 6 rings (SSSR count). The molecule has 1 saturated heterocycles. The molecule has 0 radical (unpaired) electrons. The first-order valence-corrected chi connectivity index (χ1v) is 14.4. The summed E-state index contributed by atoms with van der Waals surface area (Å²) in [6.45, 7) is 1.74. The molecule has 5 aromatic rings. The molecule has 0 N–H and O–H groups in total. The van der Waals surface area contributed by atoms with Gasteiger partial charge in [0, 0.05) is 18.3 Å². The van der Waals surface area contributed by atoms with Crippen LogP contribution in [0.4, 0.5) is 5.69 Å². The Kier molecular flexibility index (Phi) is 7.27. The van der Waals surface area contributed by atoms with E-state index in [1.807, 2.05) is 18.2 Å². The highest BCUT2D eigenvalue weighted by Gasteiger charge is 2.38. The van der Waals surface area contributed by atoms with Gasteiger partial charge >= 0.3 is 0 Å². The summed E-state index contributed by atoms with van der Waals surface area (Å²) in [5, 5.41) is 0.620. The highest BCUT2D eigenvalue weighted by Crippen LogP contribution is 2.38. The Morgan fingerprint density at radius 1 is 0.976 bits per heavy atom. The quantitative estimate of drug-likeness (QED) is 0.173. The van der Waals surface area contributed by atoms with Gasteiger partial charge in [-0.1, -0.05) is 71.4 Å². The van der Waals surface area contributed by atoms with Crippen molar-refractivity contribution in [2.24, 2.45) is 7.05 Å². The number of aromatic nitrogens is 4. The predicted octanol–water partition coefficient (Wildman–Crippen LogP) is 6.00. The molecule has 1 aliphatic heterocycles. The molecule has 0 atom stereocenters. The summed E-state index contributed by atoms with van der Waals surface area (Å²) in [5.41, 5.74) is 0.741. The Labute approximate surface area is 258 Å². The number of carbonyl (C=O) groups is 1. The fourth-order valence-corrected chi connectivity index (χ4v) is 6.25. The summed E-state index contributed by atoms with van der Waals surface area (Å²) in [6, 6.07) is 18.8. The van der Waals surface area contributed by atoms with Crippen molar-refractivity contribution in [2.75, 3.05) is 4.90 Å². The number of para-hydroxylation sites is 1. The van der Waals surface area contributed by atoms with Gasteiger partial charge in [-0.25, -0.2) is 4.68 Å². The monoisotopic (exact) mass is 635 g/mol. The third kappa shape index (κ3) is 4.74. The molecule has 13 heteroatoms. The number of nitrogens with zero attached hydrogens (tertiary/aromatic N) is 5. The van der Waals surface area contributed by atoms with Crippen molar-refractivity contribution in [1.29, 1.82) is 0 Å². The van der Waals surface area contributed by atoms with Crippen LogP contribution in [0.15, 0.2) is 87.4 Å². The van der Waals surface area contributed by atoms with E-state index in [4.69, 9.17) is 40.2 Å². The van der Waals surface area contributed by atoms with Crippen LogP contribution in [0.25, 0.3) is 17.4 Å². The minimum atomic E-state index is -0.552. The van der Waals surface area contributed by atoms with Gasteiger partial charge < -0.3 is 4.74 Å². The number of fused-ring (bicyclic) bond motifs is 1. The molecule has 0 spiro atoms. The van der Waals surface area contributed by atoms with Gasteiger partial charge in [-0.2, -0.15) is 4.98 Å². The molecule has 9 nitrogen and oxygen atoms in total. The second kappa shape index (κ2) is 10.9. The fourth-order valence-electron chi connectivity index (χ4n) is 4.55. The second-order valence-corrected chi connectivity index (χ2v) is 11.7. The lowest BCUT2D eigenvalue weighted by Crippen LogP contribution is -2.33. The molecular weight excluding hydrogens is 617 g/mol. The lowest BCUT2D eigenvalue weighted by atomic mass is 10.2. The zero-order valence-corrected chi connectivity index (χ0v) is 25.1. The van der Waals surface area contributed by atoms with E-state index in [0.717, 1.165) is 11.8 Å². The number of rotatable bonds is 5. The van der Waals surface area contributed by atoms with E-state index in [-0.39, 0.29) is 37.1 Å². The van der Waals surface area contributed by atoms with E-state index >= 15 is 0 Å². The lowest BCUT2D eigenvalue weighted by molar-refractivity contribution is -0.113. The number of pyridine rings is 1. The maximum atomic E-state index is 13.8. The summed E-state index contributed by atoms with van der Waals surface area (Å²) in [7, 11) is 1.73. The average Bonchev–Trinajstić information content (AvgIpc) is 3.36. The first-order valence-electron chi connectivity index (χ1n) is 12.4. The van der Waals surface area contributed by atoms with Crippen LogP contribution in [0.5, 0.6) is 11.6 Å². The Hall–Kier alpha value is -4.16. The molecule has 4 heterocycles. The van der Waals surface area contributed by atoms with Crippen LogP contribution in [0.1, 0.15) is 11.3 Å². The highest BCUT2D eigenvalue weighted by atomic mass is 35.5. The predicted molar refractivity (Wildman–Crippen MR) is 169 cm³/mol. The number of halogens is 2. The first-order chi connectivity index (χ1) is 20.2. The SMILES string of the molecule is Cc1c(N2C(=O)/C(=C\c3c(Oc4ccc(Cl)cc4Cl)nc4ccccn4c3=O)SC2=S)c(=O)n(-c2ccccc2)n1C. The standard InChI is InChI=1S/C29H19Cl2N5O4S2/c1-16-24(28(39)36(33(16)2)18-8-4-3-5-9-18)35-27(38)22(42-29(35)41)15-19-25(40-21-12-11-17(30)14-20(21)31)32-23-10-6-7-13-34(23)26(19)37/h3-15H,1-2H3/b22-15+. The number of carbonyl (C=O) groups excluding carboxylic acids is 1. The molecule has 0 saturated carbocycles. The third-order valence-electron chi connectivity index (χ3n) is 6.65.